The number of allylic oxidation sites excluding steroid dienone is 1. The number of ketones is 1. The van der Waals surface area contributed by atoms with Gasteiger partial charge in [-0.3, -0.25) is 4.79 Å². The summed E-state index contributed by atoms with van der Waals surface area (Å²) in [5.74, 6) is 0.209. The largest absolute Gasteiger partial charge is 0.372 e. The molecule has 0 saturated heterocycles. The maximum Gasteiger partial charge on any atom is 0.163 e. The number of nitrogens with one attached hydrogen (secondary N) is 2. The quantitative estimate of drug-likeness (QED) is 0.405. The summed E-state index contributed by atoms with van der Waals surface area (Å²) in [5, 5.41) is 8.74. The lowest BCUT2D eigenvalue weighted by molar-refractivity contribution is -0.116. The van der Waals surface area contributed by atoms with Gasteiger partial charge in [0.15, 0.2) is 5.78 Å². The van der Waals surface area contributed by atoms with Gasteiger partial charge in [-0.15, -0.1) is 0 Å². The molecule has 3 aromatic carbocycles. The van der Waals surface area contributed by atoms with Crippen molar-refractivity contribution in [2.24, 2.45) is 0 Å². The van der Waals surface area contributed by atoms with Crippen LogP contribution in [0.15, 0.2) is 78.0 Å². The van der Waals surface area contributed by atoms with Gasteiger partial charge in [-0.2, -0.15) is 0 Å². The molecule has 0 radical (unpaired) electrons. The van der Waals surface area contributed by atoms with Crippen molar-refractivity contribution < 1.29 is 4.79 Å². The van der Waals surface area contributed by atoms with Crippen LogP contribution in [0.2, 0.25) is 15.1 Å². The molecule has 6 heteroatoms. The zero-order chi connectivity index (χ0) is 21.5. The highest BCUT2D eigenvalue weighted by Crippen LogP contribution is 2.44. The minimum atomic E-state index is -0.320. The van der Waals surface area contributed by atoms with Crippen molar-refractivity contribution in [3.8, 4) is 0 Å². The fourth-order valence-corrected chi connectivity index (χ4v) is 4.84. The van der Waals surface area contributed by atoms with E-state index >= 15 is 0 Å². The average Bonchev–Trinajstić information content (AvgIpc) is 2.93. The van der Waals surface area contributed by atoms with E-state index in [4.69, 9.17) is 34.8 Å². The van der Waals surface area contributed by atoms with Gasteiger partial charge in [0.1, 0.15) is 0 Å². The highest BCUT2D eigenvalue weighted by atomic mass is 35.5. The van der Waals surface area contributed by atoms with Crippen molar-refractivity contribution in [2.45, 2.75) is 24.8 Å². The predicted molar refractivity (Wildman–Crippen MR) is 128 cm³/mol. The van der Waals surface area contributed by atoms with E-state index in [2.05, 4.69) is 10.6 Å². The van der Waals surface area contributed by atoms with Gasteiger partial charge in [0, 0.05) is 22.7 Å². The summed E-state index contributed by atoms with van der Waals surface area (Å²) in [6.45, 7) is 0. The van der Waals surface area contributed by atoms with Crippen LogP contribution >= 0.6 is 34.8 Å². The Morgan fingerprint density at radius 3 is 2.23 bits per heavy atom. The number of benzene rings is 3. The maximum absolute atomic E-state index is 13.5. The van der Waals surface area contributed by atoms with Crippen molar-refractivity contribution in [1.29, 1.82) is 0 Å². The van der Waals surface area contributed by atoms with Crippen LogP contribution in [0.1, 0.15) is 35.9 Å². The number of anilines is 2. The molecule has 2 N–H and O–H groups in total. The average molecular weight is 470 g/mol. The van der Waals surface area contributed by atoms with Crippen molar-refractivity contribution >= 4 is 52.0 Å². The SMILES string of the molecule is O=C1CC(c2ccc(Cl)cc2)CC2=C1C(c1ccc(Cl)c(Cl)c1)Nc1ccccc1N2. The fourth-order valence-electron chi connectivity index (χ4n) is 4.40. The molecule has 2 unspecified atom stereocenters. The monoisotopic (exact) mass is 468 g/mol. The molecule has 2 aliphatic rings. The zero-order valence-electron chi connectivity index (χ0n) is 16.5. The molecule has 0 bridgehead atoms. The van der Waals surface area contributed by atoms with Crippen LogP contribution in [0, 0.1) is 0 Å². The van der Waals surface area contributed by atoms with E-state index in [1.807, 2.05) is 60.7 Å². The maximum atomic E-state index is 13.5. The topological polar surface area (TPSA) is 41.1 Å². The number of fused-ring (bicyclic) bond motifs is 1. The van der Waals surface area contributed by atoms with E-state index < -0.39 is 0 Å². The first-order valence-electron chi connectivity index (χ1n) is 10.1. The van der Waals surface area contributed by atoms with Crippen LogP contribution < -0.4 is 10.6 Å². The van der Waals surface area contributed by atoms with Gasteiger partial charge < -0.3 is 10.6 Å². The minimum Gasteiger partial charge on any atom is -0.372 e. The predicted octanol–water partition coefficient (Wildman–Crippen LogP) is 7.63. The van der Waals surface area contributed by atoms with Crippen molar-refractivity contribution in [3.05, 3.63) is 104 Å². The van der Waals surface area contributed by atoms with Crippen LogP contribution in [0.25, 0.3) is 0 Å². The number of para-hydroxylation sites is 2. The molecule has 0 fully saturated rings. The molecule has 5 rings (SSSR count). The third-order valence-corrected chi connectivity index (χ3v) is 6.92. The second-order valence-corrected chi connectivity index (χ2v) is 9.14. The summed E-state index contributed by atoms with van der Waals surface area (Å²) in [7, 11) is 0. The van der Waals surface area contributed by atoms with E-state index in [-0.39, 0.29) is 17.7 Å². The number of carbonyl (C=O) groups excluding carboxylic acids is 1. The van der Waals surface area contributed by atoms with Gasteiger partial charge in [0.2, 0.25) is 0 Å². The molecule has 1 heterocycles. The molecule has 1 aliphatic carbocycles. The molecule has 0 aromatic heterocycles. The molecule has 0 spiro atoms. The van der Waals surface area contributed by atoms with E-state index in [9.17, 15) is 4.79 Å². The lowest BCUT2D eigenvalue weighted by Gasteiger charge is -2.30. The number of carbonyl (C=O) groups is 1. The number of hydrogen-bond acceptors (Lipinski definition) is 3. The smallest absolute Gasteiger partial charge is 0.163 e. The summed E-state index contributed by atoms with van der Waals surface area (Å²) in [4.78, 5) is 13.5. The number of Topliss-reactive ketones (excluding diaryl/α,β-unsaturated/α-hetero) is 1. The zero-order valence-corrected chi connectivity index (χ0v) is 18.7. The van der Waals surface area contributed by atoms with Crippen LogP contribution in [0.5, 0.6) is 0 Å². The third kappa shape index (κ3) is 3.94. The molecule has 0 saturated carbocycles. The normalized spacial score (nSPS) is 20.3. The van der Waals surface area contributed by atoms with Crippen molar-refractivity contribution in [3.63, 3.8) is 0 Å². The summed E-state index contributed by atoms with van der Waals surface area (Å²) < 4.78 is 0. The van der Waals surface area contributed by atoms with Crippen molar-refractivity contribution in [1.82, 2.24) is 0 Å². The molecule has 0 amide bonds. The van der Waals surface area contributed by atoms with Gasteiger partial charge in [-0.25, -0.2) is 0 Å². The Labute approximate surface area is 196 Å². The van der Waals surface area contributed by atoms with E-state index in [1.165, 1.54) is 0 Å². The number of hydrogen-bond donors (Lipinski definition) is 2. The second-order valence-electron chi connectivity index (χ2n) is 7.89. The molecule has 1 aliphatic heterocycles. The van der Waals surface area contributed by atoms with Gasteiger partial charge in [-0.1, -0.05) is 65.1 Å². The fraction of sp³-hybridized carbons (Fsp3) is 0.160. The van der Waals surface area contributed by atoms with Gasteiger partial charge >= 0.3 is 0 Å². The Morgan fingerprint density at radius 2 is 1.48 bits per heavy atom. The summed E-state index contributed by atoms with van der Waals surface area (Å²) >= 11 is 18.5. The standard InChI is InChI=1S/C25H19Cl3N2O/c26-17-8-5-14(6-9-17)16-12-22-24(23(31)13-16)25(15-7-10-18(27)19(28)11-15)30-21-4-2-1-3-20(21)29-22/h1-11,16,25,29-30H,12-13H2. The highest BCUT2D eigenvalue weighted by molar-refractivity contribution is 6.42. The Bertz CT molecular complexity index is 1200. The Kier molecular flexibility index (Phi) is 5.43. The summed E-state index contributed by atoms with van der Waals surface area (Å²) in [6.07, 6.45) is 1.18. The van der Waals surface area contributed by atoms with Gasteiger partial charge in [-0.05, 0) is 59.9 Å². The van der Waals surface area contributed by atoms with Crippen LogP contribution in [-0.2, 0) is 4.79 Å². The number of rotatable bonds is 2. The van der Waals surface area contributed by atoms with E-state index in [0.717, 1.165) is 40.2 Å². The first kappa shape index (κ1) is 20.4. The van der Waals surface area contributed by atoms with Crippen molar-refractivity contribution in [2.75, 3.05) is 10.6 Å². The Balaban J connectivity index is 1.61. The second kappa shape index (κ2) is 8.23. The lowest BCUT2D eigenvalue weighted by atomic mass is 9.78. The van der Waals surface area contributed by atoms with Gasteiger partial charge in [0.25, 0.3) is 0 Å². The molecule has 3 nitrogen and oxygen atoms in total. The third-order valence-electron chi connectivity index (χ3n) is 5.93. The lowest BCUT2D eigenvalue weighted by Crippen LogP contribution is -2.26. The molecule has 31 heavy (non-hydrogen) atoms. The molecule has 156 valence electrons. The highest BCUT2D eigenvalue weighted by Gasteiger charge is 2.36. The van der Waals surface area contributed by atoms with Gasteiger partial charge in [0.05, 0.1) is 27.5 Å². The summed E-state index contributed by atoms with van der Waals surface area (Å²) in [6, 6.07) is 20.9. The minimum absolute atomic E-state index is 0.0933. The Hall–Kier alpha value is -2.46. The molecule has 3 aromatic rings. The van der Waals surface area contributed by atoms with Crippen LogP contribution in [0.3, 0.4) is 0 Å². The van der Waals surface area contributed by atoms with Crippen LogP contribution in [-0.4, -0.2) is 5.78 Å². The van der Waals surface area contributed by atoms with E-state index in [1.54, 1.807) is 6.07 Å². The first-order valence-corrected chi connectivity index (χ1v) is 11.2. The Morgan fingerprint density at radius 1 is 0.774 bits per heavy atom. The van der Waals surface area contributed by atoms with Crippen LogP contribution in [0.4, 0.5) is 11.4 Å². The molecular formula is C25H19Cl3N2O. The molecular weight excluding hydrogens is 451 g/mol. The van der Waals surface area contributed by atoms with E-state index in [0.29, 0.717) is 21.5 Å². The summed E-state index contributed by atoms with van der Waals surface area (Å²) in [5.41, 5.74) is 5.58. The number of halogens is 3. The molecule has 2 atom stereocenters. The first-order chi connectivity index (χ1) is 15.0.